The van der Waals surface area contributed by atoms with Gasteiger partial charge in [0, 0.05) is 30.9 Å². The fraction of sp³-hybridized carbons (Fsp3) is 0.321. The number of ether oxygens (including phenoxy) is 1. The standard InChI is InChI=1S/C28H31FN2O2/c1-33-26-14-9-12-23(19-26)28(32)31-17-7-3-2-6-16-30(20-22-10-8-13-25(29)18-22)21-24-11-4-5-15-27(24)31/h4-5,8-15,18-19H,2-3,6-7,16-17,20-21H2,1H3. The van der Waals surface area contributed by atoms with Gasteiger partial charge in [-0.1, -0.05) is 49.2 Å². The molecule has 0 saturated carbocycles. The number of carbonyl (C=O) groups is 1. The van der Waals surface area contributed by atoms with Crippen molar-refractivity contribution in [2.45, 2.75) is 38.8 Å². The molecule has 1 aliphatic rings. The Kier molecular flexibility index (Phi) is 7.74. The Bertz CT molecular complexity index is 1080. The van der Waals surface area contributed by atoms with Crippen LogP contribution >= 0.6 is 0 Å². The molecule has 4 nitrogen and oxygen atoms in total. The second-order valence-electron chi connectivity index (χ2n) is 8.57. The van der Waals surface area contributed by atoms with Gasteiger partial charge < -0.3 is 9.64 Å². The number of benzene rings is 3. The molecule has 4 rings (SSSR count). The van der Waals surface area contributed by atoms with Gasteiger partial charge in [-0.15, -0.1) is 0 Å². The van der Waals surface area contributed by atoms with Gasteiger partial charge in [-0.05, 0) is 66.9 Å². The molecule has 172 valence electrons. The fourth-order valence-corrected chi connectivity index (χ4v) is 4.46. The van der Waals surface area contributed by atoms with E-state index in [1.165, 1.54) is 6.07 Å². The summed E-state index contributed by atoms with van der Waals surface area (Å²) in [6, 6.07) is 22.3. The van der Waals surface area contributed by atoms with Crippen LogP contribution in [0.25, 0.3) is 0 Å². The van der Waals surface area contributed by atoms with Gasteiger partial charge in [-0.3, -0.25) is 9.69 Å². The molecule has 0 fully saturated rings. The number of fused-ring (bicyclic) bond motifs is 1. The highest BCUT2D eigenvalue weighted by atomic mass is 19.1. The molecule has 3 aromatic carbocycles. The molecule has 1 aliphatic heterocycles. The summed E-state index contributed by atoms with van der Waals surface area (Å²) in [6.07, 6.45) is 4.21. The van der Waals surface area contributed by atoms with Crippen molar-refractivity contribution in [2.75, 3.05) is 25.1 Å². The maximum absolute atomic E-state index is 13.8. The molecule has 0 aliphatic carbocycles. The highest BCUT2D eigenvalue weighted by Crippen LogP contribution is 2.27. The average Bonchev–Trinajstić information content (AvgIpc) is 2.87. The van der Waals surface area contributed by atoms with E-state index < -0.39 is 0 Å². The zero-order chi connectivity index (χ0) is 23.0. The largest absolute Gasteiger partial charge is 0.497 e. The first kappa shape index (κ1) is 23.0. The van der Waals surface area contributed by atoms with Gasteiger partial charge >= 0.3 is 0 Å². The molecule has 33 heavy (non-hydrogen) atoms. The van der Waals surface area contributed by atoms with Crippen molar-refractivity contribution in [3.8, 4) is 5.75 Å². The number of anilines is 1. The van der Waals surface area contributed by atoms with Gasteiger partial charge in [-0.25, -0.2) is 4.39 Å². The van der Waals surface area contributed by atoms with Gasteiger partial charge in [0.15, 0.2) is 0 Å². The summed E-state index contributed by atoms with van der Waals surface area (Å²) in [6.45, 7) is 3.00. The number of hydrogen-bond donors (Lipinski definition) is 0. The lowest BCUT2D eigenvalue weighted by atomic mass is 10.1. The van der Waals surface area contributed by atoms with Gasteiger partial charge in [0.2, 0.25) is 0 Å². The van der Waals surface area contributed by atoms with E-state index in [1.807, 2.05) is 47.4 Å². The first-order valence-corrected chi connectivity index (χ1v) is 11.6. The number of halogens is 1. The van der Waals surface area contributed by atoms with Crippen LogP contribution in [0.15, 0.2) is 72.8 Å². The maximum Gasteiger partial charge on any atom is 0.258 e. The van der Waals surface area contributed by atoms with E-state index in [-0.39, 0.29) is 11.7 Å². The molecule has 0 N–H and O–H groups in total. The van der Waals surface area contributed by atoms with Crippen LogP contribution in [0.5, 0.6) is 5.75 Å². The first-order chi connectivity index (χ1) is 16.1. The monoisotopic (exact) mass is 446 g/mol. The Morgan fingerprint density at radius 1 is 0.909 bits per heavy atom. The summed E-state index contributed by atoms with van der Waals surface area (Å²) in [5, 5.41) is 0. The smallest absolute Gasteiger partial charge is 0.258 e. The Morgan fingerprint density at radius 2 is 1.70 bits per heavy atom. The zero-order valence-corrected chi connectivity index (χ0v) is 19.2. The molecule has 5 heteroatoms. The van der Waals surface area contributed by atoms with Crippen LogP contribution in [-0.4, -0.2) is 31.0 Å². The molecular weight excluding hydrogens is 415 g/mol. The van der Waals surface area contributed by atoms with Crippen LogP contribution in [0.3, 0.4) is 0 Å². The van der Waals surface area contributed by atoms with Crippen LogP contribution < -0.4 is 9.64 Å². The molecule has 1 amide bonds. The number of carbonyl (C=O) groups excluding carboxylic acids is 1. The second kappa shape index (κ2) is 11.1. The SMILES string of the molecule is COc1cccc(C(=O)N2CCCCCCN(Cc3cccc(F)c3)Cc3ccccc32)c1. The minimum Gasteiger partial charge on any atom is -0.497 e. The molecule has 1 heterocycles. The lowest BCUT2D eigenvalue weighted by molar-refractivity contribution is 0.0986. The summed E-state index contributed by atoms with van der Waals surface area (Å²) < 4.78 is 19.1. The molecule has 0 unspecified atom stereocenters. The summed E-state index contributed by atoms with van der Waals surface area (Å²) in [7, 11) is 1.61. The Balaban J connectivity index is 1.65. The molecule has 0 atom stereocenters. The minimum absolute atomic E-state index is 0.0164. The van der Waals surface area contributed by atoms with Crippen LogP contribution in [0.4, 0.5) is 10.1 Å². The topological polar surface area (TPSA) is 32.8 Å². The summed E-state index contributed by atoms with van der Waals surface area (Å²) in [5.41, 5.74) is 3.63. The molecule has 0 radical (unpaired) electrons. The normalized spacial score (nSPS) is 15.4. The zero-order valence-electron chi connectivity index (χ0n) is 19.2. The second-order valence-corrected chi connectivity index (χ2v) is 8.57. The van der Waals surface area contributed by atoms with Crippen molar-refractivity contribution < 1.29 is 13.9 Å². The van der Waals surface area contributed by atoms with E-state index in [4.69, 9.17) is 4.74 Å². The molecular formula is C28H31FN2O2. The van der Waals surface area contributed by atoms with Crippen molar-refractivity contribution in [2.24, 2.45) is 0 Å². The Morgan fingerprint density at radius 3 is 2.52 bits per heavy atom. The van der Waals surface area contributed by atoms with Crippen molar-refractivity contribution in [1.82, 2.24) is 4.90 Å². The van der Waals surface area contributed by atoms with Crippen LogP contribution in [0.2, 0.25) is 0 Å². The van der Waals surface area contributed by atoms with Crippen LogP contribution in [0.1, 0.15) is 47.2 Å². The molecule has 0 aromatic heterocycles. The number of nitrogens with zero attached hydrogens (tertiary/aromatic N) is 2. The first-order valence-electron chi connectivity index (χ1n) is 11.6. The van der Waals surface area contributed by atoms with Crippen molar-refractivity contribution in [3.63, 3.8) is 0 Å². The third kappa shape index (κ3) is 5.99. The van der Waals surface area contributed by atoms with Crippen molar-refractivity contribution in [3.05, 3.63) is 95.3 Å². The predicted octanol–water partition coefficient (Wildman–Crippen LogP) is 6.06. The molecule has 0 bridgehead atoms. The van der Waals surface area contributed by atoms with Gasteiger partial charge in [0.1, 0.15) is 11.6 Å². The van der Waals surface area contributed by atoms with Gasteiger partial charge in [0.25, 0.3) is 5.91 Å². The summed E-state index contributed by atoms with van der Waals surface area (Å²) >= 11 is 0. The van der Waals surface area contributed by atoms with Crippen LogP contribution in [0, 0.1) is 5.82 Å². The number of rotatable bonds is 4. The number of amides is 1. The van der Waals surface area contributed by atoms with Gasteiger partial charge in [-0.2, -0.15) is 0 Å². The molecule has 3 aromatic rings. The Hall–Kier alpha value is -3.18. The minimum atomic E-state index is -0.208. The van der Waals surface area contributed by atoms with E-state index in [2.05, 4.69) is 11.0 Å². The fourth-order valence-electron chi connectivity index (χ4n) is 4.46. The third-order valence-corrected chi connectivity index (χ3v) is 6.14. The van der Waals surface area contributed by atoms with E-state index in [1.54, 1.807) is 25.3 Å². The predicted molar refractivity (Wildman–Crippen MR) is 130 cm³/mol. The Labute approximate surface area is 195 Å². The van der Waals surface area contributed by atoms with E-state index in [0.717, 1.165) is 49.0 Å². The molecule has 0 saturated heterocycles. The van der Waals surface area contributed by atoms with E-state index in [0.29, 0.717) is 30.9 Å². The average molecular weight is 447 g/mol. The quantitative estimate of drug-likeness (QED) is 0.489. The molecule has 0 spiro atoms. The summed E-state index contributed by atoms with van der Waals surface area (Å²) in [5.74, 6) is 0.450. The van der Waals surface area contributed by atoms with Crippen molar-refractivity contribution in [1.29, 1.82) is 0 Å². The third-order valence-electron chi connectivity index (χ3n) is 6.14. The summed E-state index contributed by atoms with van der Waals surface area (Å²) in [4.78, 5) is 17.9. The lowest BCUT2D eigenvalue weighted by Crippen LogP contribution is -2.33. The maximum atomic E-state index is 13.8. The van der Waals surface area contributed by atoms with Crippen molar-refractivity contribution >= 4 is 11.6 Å². The van der Waals surface area contributed by atoms with E-state index in [9.17, 15) is 9.18 Å². The van der Waals surface area contributed by atoms with Crippen LogP contribution in [-0.2, 0) is 13.1 Å². The van der Waals surface area contributed by atoms with Gasteiger partial charge in [0.05, 0.1) is 7.11 Å². The van der Waals surface area contributed by atoms with E-state index >= 15 is 0 Å². The highest BCUT2D eigenvalue weighted by molar-refractivity contribution is 6.06. The number of hydrogen-bond acceptors (Lipinski definition) is 3. The highest BCUT2D eigenvalue weighted by Gasteiger charge is 2.22. The lowest BCUT2D eigenvalue weighted by Gasteiger charge is -2.28. The number of methoxy groups -OCH3 is 1. The number of para-hydroxylation sites is 1.